The maximum absolute atomic E-state index is 13.3. The van der Waals surface area contributed by atoms with E-state index >= 15 is 0 Å². The Labute approximate surface area is 126 Å². The molecule has 104 valence electrons. The lowest BCUT2D eigenvalue weighted by Gasteiger charge is -2.13. The molecule has 2 aromatic carbocycles. The van der Waals surface area contributed by atoms with Crippen LogP contribution in [-0.4, -0.2) is 12.6 Å². The fourth-order valence-electron chi connectivity index (χ4n) is 2.47. The van der Waals surface area contributed by atoms with Crippen molar-refractivity contribution in [3.8, 4) is 5.75 Å². The predicted molar refractivity (Wildman–Crippen MR) is 81.9 cm³/mol. The molecule has 0 spiro atoms. The molecule has 0 amide bonds. The fraction of sp³-hybridized carbons (Fsp3) is 0.250. The van der Waals surface area contributed by atoms with Crippen molar-refractivity contribution < 1.29 is 9.13 Å². The van der Waals surface area contributed by atoms with Crippen molar-refractivity contribution >= 4 is 21.6 Å². The van der Waals surface area contributed by atoms with E-state index in [0.717, 1.165) is 27.9 Å². The summed E-state index contributed by atoms with van der Waals surface area (Å²) in [7, 11) is 0. The number of nitrogens with one attached hydrogen (secondary N) is 1. The van der Waals surface area contributed by atoms with E-state index in [2.05, 4.69) is 27.3 Å². The van der Waals surface area contributed by atoms with Crippen molar-refractivity contribution in [2.24, 2.45) is 0 Å². The van der Waals surface area contributed by atoms with Gasteiger partial charge in [0.25, 0.3) is 0 Å². The van der Waals surface area contributed by atoms with E-state index in [0.29, 0.717) is 6.54 Å². The van der Waals surface area contributed by atoms with Crippen LogP contribution in [0.15, 0.2) is 40.9 Å². The number of hydrogen-bond donors (Lipinski definition) is 1. The van der Waals surface area contributed by atoms with Crippen molar-refractivity contribution in [2.75, 3.05) is 11.9 Å². The summed E-state index contributed by atoms with van der Waals surface area (Å²) in [5, 5.41) is 3.24. The minimum Gasteiger partial charge on any atom is -0.488 e. The van der Waals surface area contributed by atoms with Gasteiger partial charge in [-0.1, -0.05) is 15.9 Å². The number of anilines is 1. The first kappa shape index (κ1) is 13.4. The van der Waals surface area contributed by atoms with Crippen molar-refractivity contribution in [1.82, 2.24) is 0 Å². The van der Waals surface area contributed by atoms with E-state index in [1.165, 1.54) is 17.7 Å². The second-order valence-corrected chi connectivity index (χ2v) is 6.01. The predicted octanol–water partition coefficient (Wildman–Crippen LogP) is 4.31. The Kier molecular flexibility index (Phi) is 3.66. The van der Waals surface area contributed by atoms with E-state index in [9.17, 15) is 4.39 Å². The first-order valence-corrected chi connectivity index (χ1v) is 7.35. The number of hydrogen-bond acceptors (Lipinski definition) is 2. The zero-order valence-corrected chi connectivity index (χ0v) is 12.7. The van der Waals surface area contributed by atoms with Crippen molar-refractivity contribution in [1.29, 1.82) is 0 Å². The van der Waals surface area contributed by atoms with Gasteiger partial charge in [0, 0.05) is 16.6 Å². The van der Waals surface area contributed by atoms with Crippen LogP contribution in [0.5, 0.6) is 5.75 Å². The largest absolute Gasteiger partial charge is 0.488 e. The van der Waals surface area contributed by atoms with Crippen LogP contribution in [0.1, 0.15) is 11.1 Å². The van der Waals surface area contributed by atoms with Gasteiger partial charge in [-0.15, -0.1) is 0 Å². The standard InChI is InChI=1S/C16H15BrFNO/c1-10-4-13(18)8-14(5-10)19-9-15-7-11-6-12(17)2-3-16(11)20-15/h2-6,8,15,19H,7,9H2,1H3. The number of rotatable bonds is 3. The smallest absolute Gasteiger partial charge is 0.125 e. The van der Waals surface area contributed by atoms with Gasteiger partial charge in [0.2, 0.25) is 0 Å². The maximum Gasteiger partial charge on any atom is 0.125 e. The van der Waals surface area contributed by atoms with Crippen LogP contribution in [0.25, 0.3) is 0 Å². The Hall–Kier alpha value is -1.55. The SMILES string of the molecule is Cc1cc(F)cc(NCC2Cc3cc(Br)ccc3O2)c1. The van der Waals surface area contributed by atoms with Crippen LogP contribution < -0.4 is 10.1 Å². The van der Waals surface area contributed by atoms with Gasteiger partial charge in [-0.2, -0.15) is 0 Å². The molecule has 1 atom stereocenters. The summed E-state index contributed by atoms with van der Waals surface area (Å²) in [6.45, 7) is 2.54. The zero-order valence-electron chi connectivity index (χ0n) is 11.1. The summed E-state index contributed by atoms with van der Waals surface area (Å²) in [5.74, 6) is 0.725. The van der Waals surface area contributed by atoms with E-state index in [1.54, 1.807) is 0 Å². The molecule has 0 saturated carbocycles. The summed E-state index contributed by atoms with van der Waals surface area (Å²) < 4.78 is 20.2. The molecule has 1 aliphatic rings. The molecule has 20 heavy (non-hydrogen) atoms. The summed E-state index contributed by atoms with van der Waals surface area (Å²) >= 11 is 3.46. The quantitative estimate of drug-likeness (QED) is 0.902. The second kappa shape index (κ2) is 5.44. The topological polar surface area (TPSA) is 21.3 Å². The average molecular weight is 336 g/mol. The normalized spacial score (nSPS) is 16.6. The summed E-state index contributed by atoms with van der Waals surface area (Å²) in [5.41, 5.74) is 2.91. The molecule has 0 aromatic heterocycles. The van der Waals surface area contributed by atoms with E-state index in [1.807, 2.05) is 25.1 Å². The Morgan fingerprint density at radius 2 is 2.15 bits per heavy atom. The highest BCUT2D eigenvalue weighted by Crippen LogP contribution is 2.31. The van der Waals surface area contributed by atoms with Gasteiger partial charge in [0.05, 0.1) is 6.54 Å². The van der Waals surface area contributed by atoms with Gasteiger partial charge in [0.15, 0.2) is 0 Å². The van der Waals surface area contributed by atoms with Gasteiger partial charge < -0.3 is 10.1 Å². The molecule has 1 N–H and O–H groups in total. The van der Waals surface area contributed by atoms with Crippen molar-refractivity contribution in [2.45, 2.75) is 19.4 Å². The maximum atomic E-state index is 13.3. The average Bonchev–Trinajstić information content (AvgIpc) is 2.77. The monoisotopic (exact) mass is 335 g/mol. The second-order valence-electron chi connectivity index (χ2n) is 5.09. The van der Waals surface area contributed by atoms with Crippen LogP contribution in [0, 0.1) is 12.7 Å². The Morgan fingerprint density at radius 3 is 2.95 bits per heavy atom. The minimum absolute atomic E-state index is 0.0860. The third kappa shape index (κ3) is 2.96. The first-order chi connectivity index (χ1) is 9.60. The van der Waals surface area contributed by atoms with E-state index < -0.39 is 0 Å². The summed E-state index contributed by atoms with van der Waals surface area (Å²) in [4.78, 5) is 0. The molecule has 1 aliphatic heterocycles. The first-order valence-electron chi connectivity index (χ1n) is 6.56. The molecule has 4 heteroatoms. The lowest BCUT2D eigenvalue weighted by molar-refractivity contribution is 0.246. The van der Waals surface area contributed by atoms with E-state index in [4.69, 9.17) is 4.74 Å². The van der Waals surface area contributed by atoms with E-state index in [-0.39, 0.29) is 11.9 Å². The fourth-order valence-corrected chi connectivity index (χ4v) is 2.88. The highest BCUT2D eigenvalue weighted by atomic mass is 79.9. The molecule has 2 aromatic rings. The molecule has 0 fully saturated rings. The van der Waals surface area contributed by atoms with Crippen LogP contribution in [-0.2, 0) is 6.42 Å². The Bertz CT molecular complexity index is 624. The van der Waals surface area contributed by atoms with Crippen molar-refractivity contribution in [3.63, 3.8) is 0 Å². The minimum atomic E-state index is -0.216. The summed E-state index contributed by atoms with van der Waals surface area (Å²) in [6.07, 6.45) is 0.957. The molecule has 0 aliphatic carbocycles. The molecular weight excluding hydrogens is 321 g/mol. The van der Waals surface area contributed by atoms with Gasteiger partial charge in [-0.25, -0.2) is 4.39 Å². The van der Waals surface area contributed by atoms with Gasteiger partial charge in [0.1, 0.15) is 17.7 Å². The van der Waals surface area contributed by atoms with Gasteiger partial charge in [-0.3, -0.25) is 0 Å². The number of benzene rings is 2. The lowest BCUT2D eigenvalue weighted by Crippen LogP contribution is -2.24. The summed E-state index contributed by atoms with van der Waals surface area (Å²) in [6, 6.07) is 11.0. The Morgan fingerprint density at radius 1 is 1.30 bits per heavy atom. The highest BCUT2D eigenvalue weighted by molar-refractivity contribution is 9.10. The molecule has 0 bridgehead atoms. The van der Waals surface area contributed by atoms with Crippen LogP contribution >= 0.6 is 15.9 Å². The molecule has 2 nitrogen and oxygen atoms in total. The molecular formula is C16H15BrFNO. The Balaban J connectivity index is 1.63. The van der Waals surface area contributed by atoms with Crippen molar-refractivity contribution in [3.05, 3.63) is 57.8 Å². The number of ether oxygens (including phenoxy) is 1. The number of fused-ring (bicyclic) bond motifs is 1. The van der Waals surface area contributed by atoms with Crippen LogP contribution in [0.4, 0.5) is 10.1 Å². The van der Waals surface area contributed by atoms with Gasteiger partial charge in [-0.05, 0) is 54.4 Å². The zero-order chi connectivity index (χ0) is 14.1. The molecule has 1 unspecified atom stereocenters. The third-order valence-electron chi connectivity index (χ3n) is 3.34. The van der Waals surface area contributed by atoms with Gasteiger partial charge >= 0.3 is 0 Å². The third-order valence-corrected chi connectivity index (χ3v) is 3.83. The number of halogens is 2. The number of aryl methyl sites for hydroxylation is 1. The van der Waals surface area contributed by atoms with Crippen LogP contribution in [0.3, 0.4) is 0 Å². The van der Waals surface area contributed by atoms with Crippen LogP contribution in [0.2, 0.25) is 0 Å². The molecule has 0 saturated heterocycles. The lowest BCUT2D eigenvalue weighted by atomic mass is 10.1. The molecule has 3 rings (SSSR count). The molecule has 0 radical (unpaired) electrons. The highest BCUT2D eigenvalue weighted by Gasteiger charge is 2.22. The molecule has 1 heterocycles.